The minimum atomic E-state index is -0.755. The summed E-state index contributed by atoms with van der Waals surface area (Å²) in [6.45, 7) is 4.10. The first kappa shape index (κ1) is 14.5. The zero-order chi connectivity index (χ0) is 14.7. The van der Waals surface area contributed by atoms with Crippen molar-refractivity contribution in [3.63, 3.8) is 0 Å². The van der Waals surface area contributed by atoms with Crippen LogP contribution in [0.4, 0.5) is 0 Å². The van der Waals surface area contributed by atoms with E-state index in [1.165, 1.54) is 0 Å². The molecule has 1 saturated carbocycles. The van der Waals surface area contributed by atoms with Gasteiger partial charge in [0, 0.05) is 12.2 Å². The molecule has 0 spiro atoms. The molecule has 20 heavy (non-hydrogen) atoms. The molecule has 1 aliphatic rings. The van der Waals surface area contributed by atoms with Gasteiger partial charge in [-0.05, 0) is 44.7 Å². The van der Waals surface area contributed by atoms with Crippen molar-refractivity contribution in [3.8, 4) is 0 Å². The number of carboxylic acid groups (broad SMARTS) is 1. The van der Waals surface area contributed by atoms with Crippen molar-refractivity contribution >= 4 is 11.9 Å². The fourth-order valence-corrected chi connectivity index (χ4v) is 2.85. The highest BCUT2D eigenvalue weighted by molar-refractivity contribution is 5.95. The first-order valence-corrected chi connectivity index (χ1v) is 6.94. The van der Waals surface area contributed by atoms with E-state index >= 15 is 0 Å². The second-order valence-corrected chi connectivity index (χ2v) is 5.43. The summed E-state index contributed by atoms with van der Waals surface area (Å²) in [5, 5.41) is 12.0. The van der Waals surface area contributed by atoms with Gasteiger partial charge < -0.3 is 10.4 Å². The molecular formula is C15H20N2O3. The molecule has 1 aromatic heterocycles. The fourth-order valence-electron chi connectivity index (χ4n) is 2.85. The van der Waals surface area contributed by atoms with Gasteiger partial charge >= 0.3 is 5.97 Å². The number of carbonyl (C=O) groups is 2. The topological polar surface area (TPSA) is 79.3 Å². The van der Waals surface area contributed by atoms with Crippen molar-refractivity contribution in [1.29, 1.82) is 0 Å². The van der Waals surface area contributed by atoms with E-state index in [0.29, 0.717) is 24.2 Å². The van der Waals surface area contributed by atoms with Crippen LogP contribution >= 0.6 is 0 Å². The third-order valence-electron chi connectivity index (χ3n) is 3.97. The van der Waals surface area contributed by atoms with Crippen LogP contribution in [-0.4, -0.2) is 28.5 Å². The van der Waals surface area contributed by atoms with Crippen LogP contribution in [0.2, 0.25) is 0 Å². The number of pyridine rings is 1. The van der Waals surface area contributed by atoms with Crippen molar-refractivity contribution in [2.75, 3.05) is 6.54 Å². The number of nitrogens with zero attached hydrogens (tertiary/aromatic N) is 1. The van der Waals surface area contributed by atoms with E-state index in [1.54, 1.807) is 19.1 Å². The minimum Gasteiger partial charge on any atom is -0.481 e. The van der Waals surface area contributed by atoms with Gasteiger partial charge in [0.2, 0.25) is 0 Å². The number of amides is 1. The first-order valence-electron chi connectivity index (χ1n) is 6.94. The highest BCUT2D eigenvalue weighted by atomic mass is 16.4. The normalized spacial score (nSPS) is 21.7. The van der Waals surface area contributed by atoms with Gasteiger partial charge in [-0.15, -0.1) is 0 Å². The van der Waals surface area contributed by atoms with Crippen molar-refractivity contribution < 1.29 is 14.7 Å². The molecule has 0 aliphatic heterocycles. The van der Waals surface area contributed by atoms with Crippen LogP contribution in [0.5, 0.6) is 0 Å². The van der Waals surface area contributed by atoms with Crippen LogP contribution in [-0.2, 0) is 4.79 Å². The maximum Gasteiger partial charge on any atom is 0.306 e. The van der Waals surface area contributed by atoms with Crippen LogP contribution in [0.25, 0.3) is 0 Å². The Labute approximate surface area is 118 Å². The quantitative estimate of drug-likeness (QED) is 0.880. The summed E-state index contributed by atoms with van der Waals surface area (Å²) < 4.78 is 0. The van der Waals surface area contributed by atoms with Gasteiger partial charge in [0.15, 0.2) is 0 Å². The van der Waals surface area contributed by atoms with Gasteiger partial charge in [0.25, 0.3) is 5.91 Å². The van der Waals surface area contributed by atoms with E-state index in [-0.39, 0.29) is 17.7 Å². The van der Waals surface area contributed by atoms with E-state index in [0.717, 1.165) is 18.5 Å². The van der Waals surface area contributed by atoms with Crippen LogP contribution in [0.1, 0.15) is 41.0 Å². The first-order chi connectivity index (χ1) is 9.49. The van der Waals surface area contributed by atoms with Gasteiger partial charge in [0.1, 0.15) is 0 Å². The molecule has 0 radical (unpaired) electrons. The lowest BCUT2D eigenvalue weighted by atomic mass is 9.96. The number of carboxylic acids is 1. The summed E-state index contributed by atoms with van der Waals surface area (Å²) in [5.41, 5.74) is 2.13. The zero-order valence-corrected chi connectivity index (χ0v) is 11.8. The fraction of sp³-hybridized carbons (Fsp3) is 0.533. The lowest BCUT2D eigenvalue weighted by Gasteiger charge is -2.16. The van der Waals surface area contributed by atoms with E-state index in [4.69, 9.17) is 5.11 Å². The monoisotopic (exact) mass is 276 g/mol. The number of carbonyl (C=O) groups excluding carboxylic acids is 1. The average molecular weight is 276 g/mol. The molecule has 108 valence electrons. The standard InChI is InChI=1S/C15H20N2O3/c1-9-6-7-12(10(2)17-9)14(18)16-8-11-4-3-5-13(11)15(19)20/h6-7,11,13H,3-5,8H2,1-2H3,(H,16,18)(H,19,20). The number of aryl methyl sites for hydroxylation is 2. The van der Waals surface area contributed by atoms with Gasteiger partial charge in [0.05, 0.1) is 17.2 Å². The molecule has 1 fully saturated rings. The molecule has 2 atom stereocenters. The molecule has 0 aromatic carbocycles. The lowest BCUT2D eigenvalue weighted by molar-refractivity contribution is -0.142. The minimum absolute atomic E-state index is 0.0372. The van der Waals surface area contributed by atoms with Crippen molar-refractivity contribution in [2.45, 2.75) is 33.1 Å². The maximum absolute atomic E-state index is 12.1. The Kier molecular flexibility index (Phi) is 4.37. The third kappa shape index (κ3) is 3.15. The lowest BCUT2D eigenvalue weighted by Crippen LogP contribution is -2.33. The number of hydrogen-bond donors (Lipinski definition) is 2. The second-order valence-electron chi connectivity index (χ2n) is 5.43. The maximum atomic E-state index is 12.1. The number of nitrogens with one attached hydrogen (secondary N) is 1. The highest BCUT2D eigenvalue weighted by Gasteiger charge is 2.32. The molecule has 5 nitrogen and oxygen atoms in total. The van der Waals surface area contributed by atoms with Gasteiger partial charge in [-0.25, -0.2) is 0 Å². The van der Waals surface area contributed by atoms with Crippen LogP contribution in [0, 0.1) is 25.7 Å². The molecule has 1 amide bonds. The van der Waals surface area contributed by atoms with E-state index in [2.05, 4.69) is 10.3 Å². The van der Waals surface area contributed by atoms with Crippen molar-refractivity contribution in [1.82, 2.24) is 10.3 Å². The molecule has 0 bridgehead atoms. The smallest absolute Gasteiger partial charge is 0.306 e. The molecule has 1 heterocycles. The molecule has 2 rings (SSSR count). The summed E-state index contributed by atoms with van der Waals surface area (Å²) >= 11 is 0. The third-order valence-corrected chi connectivity index (χ3v) is 3.97. The molecule has 1 aliphatic carbocycles. The molecule has 2 N–H and O–H groups in total. The largest absolute Gasteiger partial charge is 0.481 e. The summed E-state index contributed by atoms with van der Waals surface area (Å²) in [5.74, 6) is -1.22. The molecule has 0 saturated heterocycles. The number of rotatable bonds is 4. The SMILES string of the molecule is Cc1ccc(C(=O)NCC2CCCC2C(=O)O)c(C)n1. The summed E-state index contributed by atoms with van der Waals surface area (Å²) in [7, 11) is 0. The Morgan fingerprint density at radius 2 is 2.10 bits per heavy atom. The van der Waals surface area contributed by atoms with Crippen LogP contribution in [0.15, 0.2) is 12.1 Å². The summed E-state index contributed by atoms with van der Waals surface area (Å²) in [4.78, 5) is 27.5. The Morgan fingerprint density at radius 3 is 2.75 bits per heavy atom. The zero-order valence-electron chi connectivity index (χ0n) is 11.8. The molecule has 1 aromatic rings. The molecular weight excluding hydrogens is 256 g/mol. The van der Waals surface area contributed by atoms with Crippen LogP contribution in [0.3, 0.4) is 0 Å². The van der Waals surface area contributed by atoms with Gasteiger partial charge in [-0.2, -0.15) is 0 Å². The van der Waals surface area contributed by atoms with Crippen LogP contribution < -0.4 is 5.32 Å². The van der Waals surface area contributed by atoms with Gasteiger partial charge in [-0.3, -0.25) is 14.6 Å². The van der Waals surface area contributed by atoms with E-state index in [1.807, 2.05) is 6.92 Å². The second kappa shape index (κ2) is 6.03. The van der Waals surface area contributed by atoms with Gasteiger partial charge in [-0.1, -0.05) is 6.42 Å². The highest BCUT2D eigenvalue weighted by Crippen LogP contribution is 2.31. The predicted octanol–water partition coefficient (Wildman–Crippen LogP) is 1.93. The number of aliphatic carboxylic acids is 1. The Hall–Kier alpha value is -1.91. The van der Waals surface area contributed by atoms with E-state index in [9.17, 15) is 9.59 Å². The Balaban J connectivity index is 1.97. The van der Waals surface area contributed by atoms with Crippen molar-refractivity contribution in [3.05, 3.63) is 29.1 Å². The Morgan fingerprint density at radius 1 is 1.35 bits per heavy atom. The summed E-state index contributed by atoms with van der Waals surface area (Å²) in [6, 6.07) is 3.56. The number of aromatic nitrogens is 1. The molecule has 2 unspecified atom stereocenters. The summed E-state index contributed by atoms with van der Waals surface area (Å²) in [6.07, 6.45) is 2.49. The predicted molar refractivity (Wildman–Crippen MR) is 74.5 cm³/mol. The Bertz CT molecular complexity index is 528. The van der Waals surface area contributed by atoms with Crippen molar-refractivity contribution in [2.24, 2.45) is 11.8 Å². The van der Waals surface area contributed by atoms with E-state index < -0.39 is 5.97 Å². The average Bonchev–Trinajstić information content (AvgIpc) is 2.84. The number of hydrogen-bond acceptors (Lipinski definition) is 3. The molecule has 5 heteroatoms.